The summed E-state index contributed by atoms with van der Waals surface area (Å²) in [6.07, 6.45) is 0. The topological polar surface area (TPSA) is 41.1 Å². The highest BCUT2D eigenvalue weighted by atomic mass is 79.9. The highest BCUT2D eigenvalue weighted by Crippen LogP contribution is 2.31. The molecule has 2 rings (SSSR count). The normalized spacial score (nSPS) is 14.5. The van der Waals surface area contributed by atoms with Crippen LogP contribution in [-0.4, -0.2) is 12.5 Å². The van der Waals surface area contributed by atoms with Crippen LogP contribution in [0.4, 0.5) is 15.8 Å². The maximum Gasteiger partial charge on any atom is 0.243 e. The van der Waals surface area contributed by atoms with Crippen molar-refractivity contribution in [3.8, 4) is 0 Å². The van der Waals surface area contributed by atoms with Crippen LogP contribution >= 0.6 is 15.9 Å². The van der Waals surface area contributed by atoms with E-state index in [9.17, 15) is 9.18 Å². The van der Waals surface area contributed by atoms with Crippen molar-refractivity contribution in [3.63, 3.8) is 0 Å². The van der Waals surface area contributed by atoms with E-state index < -0.39 is 0 Å². The molecule has 0 aliphatic carbocycles. The number of benzene rings is 1. The number of carbonyl (C=O) groups excluding carboxylic acids is 1. The Bertz CT molecular complexity index is 381. The van der Waals surface area contributed by atoms with Crippen LogP contribution in [0.25, 0.3) is 0 Å². The average molecular weight is 245 g/mol. The molecule has 1 aromatic rings. The largest absolute Gasteiger partial charge is 0.372 e. The van der Waals surface area contributed by atoms with Crippen LogP contribution in [0, 0.1) is 5.82 Å². The van der Waals surface area contributed by atoms with Gasteiger partial charge in [-0.3, -0.25) is 4.79 Å². The minimum atomic E-state index is -0.371. The van der Waals surface area contributed by atoms with Gasteiger partial charge in [0.15, 0.2) is 0 Å². The zero-order valence-corrected chi connectivity index (χ0v) is 8.11. The number of nitrogens with one attached hydrogen (secondary N) is 2. The first-order valence-electron chi connectivity index (χ1n) is 3.69. The summed E-state index contributed by atoms with van der Waals surface area (Å²) < 4.78 is 13.8. The third-order valence-corrected chi connectivity index (χ3v) is 2.21. The Labute approximate surface area is 82.4 Å². The Kier molecular flexibility index (Phi) is 1.95. The summed E-state index contributed by atoms with van der Waals surface area (Å²) in [6, 6.07) is 3.01. The molecule has 1 aliphatic heterocycles. The van der Waals surface area contributed by atoms with Gasteiger partial charge in [0, 0.05) is 4.47 Å². The van der Waals surface area contributed by atoms with Crippen molar-refractivity contribution < 1.29 is 9.18 Å². The van der Waals surface area contributed by atoms with E-state index in [0.717, 1.165) is 0 Å². The number of hydrogen-bond donors (Lipinski definition) is 2. The van der Waals surface area contributed by atoms with Crippen LogP contribution in [0.3, 0.4) is 0 Å². The predicted molar refractivity (Wildman–Crippen MR) is 51.2 cm³/mol. The van der Waals surface area contributed by atoms with Gasteiger partial charge in [0.1, 0.15) is 5.82 Å². The summed E-state index contributed by atoms with van der Waals surface area (Å²) in [6.45, 7) is 0.117. The molecule has 0 radical (unpaired) electrons. The number of hydrogen-bond acceptors (Lipinski definition) is 2. The molecular formula is C8H6BrFN2O. The molecule has 1 amide bonds. The maximum absolute atomic E-state index is 13.2. The lowest BCUT2D eigenvalue weighted by Crippen LogP contribution is -2.27. The smallest absolute Gasteiger partial charge is 0.243 e. The molecular weight excluding hydrogens is 239 g/mol. The Hall–Kier alpha value is -1.10. The molecule has 5 heteroatoms. The lowest BCUT2D eigenvalue weighted by molar-refractivity contribution is -0.114. The van der Waals surface area contributed by atoms with Crippen LogP contribution < -0.4 is 10.6 Å². The van der Waals surface area contributed by atoms with E-state index in [1.54, 1.807) is 6.07 Å². The minimum absolute atomic E-state index is 0.117. The van der Waals surface area contributed by atoms with Crippen molar-refractivity contribution >= 4 is 33.2 Å². The summed E-state index contributed by atoms with van der Waals surface area (Å²) in [5, 5.41) is 5.27. The molecule has 2 N–H and O–H groups in total. The highest BCUT2D eigenvalue weighted by Gasteiger charge is 2.17. The maximum atomic E-state index is 13.2. The van der Waals surface area contributed by atoms with Gasteiger partial charge in [-0.25, -0.2) is 4.39 Å². The quantitative estimate of drug-likeness (QED) is 0.733. The Morgan fingerprint density at radius 3 is 3.00 bits per heavy atom. The molecule has 0 saturated heterocycles. The van der Waals surface area contributed by atoms with Gasteiger partial charge >= 0.3 is 0 Å². The molecule has 0 bridgehead atoms. The molecule has 0 aromatic heterocycles. The highest BCUT2D eigenvalue weighted by molar-refractivity contribution is 9.10. The second-order valence-electron chi connectivity index (χ2n) is 2.71. The van der Waals surface area contributed by atoms with E-state index in [1.807, 2.05) is 0 Å². The van der Waals surface area contributed by atoms with E-state index in [1.165, 1.54) is 6.07 Å². The number of anilines is 2. The second-order valence-corrected chi connectivity index (χ2v) is 3.63. The van der Waals surface area contributed by atoms with Gasteiger partial charge in [-0.05, 0) is 12.1 Å². The van der Waals surface area contributed by atoms with Crippen LogP contribution in [0.15, 0.2) is 16.6 Å². The number of fused-ring (bicyclic) bond motifs is 1. The van der Waals surface area contributed by atoms with Crippen molar-refractivity contribution in [2.75, 3.05) is 17.2 Å². The minimum Gasteiger partial charge on any atom is -0.372 e. The molecule has 13 heavy (non-hydrogen) atoms. The van der Waals surface area contributed by atoms with Crippen LogP contribution in [0.1, 0.15) is 0 Å². The molecule has 0 spiro atoms. The van der Waals surface area contributed by atoms with Gasteiger partial charge in [-0.2, -0.15) is 0 Å². The lowest BCUT2D eigenvalue weighted by atomic mass is 10.2. The van der Waals surface area contributed by atoms with Crippen molar-refractivity contribution in [2.45, 2.75) is 0 Å². The first kappa shape index (κ1) is 8.50. The first-order chi connectivity index (χ1) is 6.16. The van der Waals surface area contributed by atoms with E-state index >= 15 is 0 Å². The van der Waals surface area contributed by atoms with E-state index in [0.29, 0.717) is 15.8 Å². The van der Waals surface area contributed by atoms with Crippen LogP contribution in [-0.2, 0) is 4.79 Å². The van der Waals surface area contributed by atoms with E-state index in [2.05, 4.69) is 26.6 Å². The Morgan fingerprint density at radius 2 is 2.23 bits per heavy atom. The summed E-state index contributed by atoms with van der Waals surface area (Å²) >= 11 is 3.14. The van der Waals surface area contributed by atoms with Crippen molar-refractivity contribution in [3.05, 3.63) is 22.4 Å². The summed E-state index contributed by atoms with van der Waals surface area (Å²) in [4.78, 5) is 10.9. The summed E-state index contributed by atoms with van der Waals surface area (Å²) in [7, 11) is 0. The molecule has 1 heterocycles. The zero-order chi connectivity index (χ0) is 9.42. The van der Waals surface area contributed by atoms with Gasteiger partial charge in [0.25, 0.3) is 0 Å². The lowest BCUT2D eigenvalue weighted by Gasteiger charge is -2.19. The molecule has 0 saturated carbocycles. The fourth-order valence-electron chi connectivity index (χ4n) is 1.21. The third-order valence-electron chi connectivity index (χ3n) is 1.75. The Morgan fingerprint density at radius 1 is 1.46 bits per heavy atom. The summed E-state index contributed by atoms with van der Waals surface area (Å²) in [5.41, 5.74) is 0.825. The summed E-state index contributed by atoms with van der Waals surface area (Å²) in [5.74, 6) is -0.533. The number of halogens is 2. The van der Waals surface area contributed by atoms with Gasteiger partial charge < -0.3 is 10.6 Å². The van der Waals surface area contributed by atoms with Crippen molar-refractivity contribution in [1.29, 1.82) is 0 Å². The van der Waals surface area contributed by atoms with E-state index in [-0.39, 0.29) is 18.3 Å². The monoisotopic (exact) mass is 244 g/mol. The van der Waals surface area contributed by atoms with Gasteiger partial charge in [-0.1, -0.05) is 15.9 Å². The van der Waals surface area contributed by atoms with Gasteiger partial charge in [-0.15, -0.1) is 0 Å². The Balaban J connectivity index is 2.53. The molecule has 0 atom stereocenters. The number of amides is 1. The fraction of sp³-hybridized carbons (Fsp3) is 0.125. The SMILES string of the molecule is O=C1CNc2c(F)cc(Br)cc2N1. The number of carbonyl (C=O) groups is 1. The molecule has 1 aromatic carbocycles. The van der Waals surface area contributed by atoms with E-state index in [4.69, 9.17) is 0 Å². The molecule has 0 unspecified atom stereocenters. The van der Waals surface area contributed by atoms with Crippen molar-refractivity contribution in [1.82, 2.24) is 0 Å². The zero-order valence-electron chi connectivity index (χ0n) is 6.53. The van der Waals surface area contributed by atoms with Gasteiger partial charge in [0.05, 0.1) is 17.9 Å². The van der Waals surface area contributed by atoms with Crippen LogP contribution in [0.5, 0.6) is 0 Å². The van der Waals surface area contributed by atoms with Gasteiger partial charge in [0.2, 0.25) is 5.91 Å². The molecule has 68 valence electrons. The molecule has 0 fully saturated rings. The standard InChI is InChI=1S/C8H6BrFN2O/c9-4-1-5(10)8-6(2-4)12-7(13)3-11-8/h1-2,11H,3H2,(H,12,13). The predicted octanol–water partition coefficient (Wildman–Crippen LogP) is 1.95. The average Bonchev–Trinajstić information content (AvgIpc) is 2.02. The van der Waals surface area contributed by atoms with Crippen LogP contribution in [0.2, 0.25) is 0 Å². The van der Waals surface area contributed by atoms with Crippen molar-refractivity contribution in [2.24, 2.45) is 0 Å². The third kappa shape index (κ3) is 1.51. The number of rotatable bonds is 0. The molecule has 3 nitrogen and oxygen atoms in total. The second kappa shape index (κ2) is 2.99. The fourth-order valence-corrected chi connectivity index (χ4v) is 1.64. The first-order valence-corrected chi connectivity index (χ1v) is 4.49. The molecule has 1 aliphatic rings.